The number of nitro benzene ring substituents is 1. The standard InChI is InChI=1S/C22H26N2O4/c1-16-20(4-3-5-21(16)24(26)27)22(25)23-14-12-18(13-15-23)7-6-17-8-10-19(28-2)11-9-17/h3-5,8-11,18H,6-7,12-15H2,1-2H3. The van der Waals surface area contributed by atoms with E-state index in [1.165, 1.54) is 11.6 Å². The number of benzene rings is 2. The molecule has 1 saturated heterocycles. The molecule has 1 amide bonds. The number of ether oxygens (including phenoxy) is 1. The van der Waals surface area contributed by atoms with Crippen LogP contribution in [0.1, 0.15) is 40.7 Å². The maximum Gasteiger partial charge on any atom is 0.273 e. The maximum absolute atomic E-state index is 12.8. The second-order valence-corrected chi connectivity index (χ2v) is 7.33. The lowest BCUT2D eigenvalue weighted by atomic mass is 9.90. The molecular formula is C22H26N2O4. The van der Waals surface area contributed by atoms with Crippen LogP contribution < -0.4 is 4.74 Å². The van der Waals surface area contributed by atoms with Gasteiger partial charge in [-0.05, 0) is 62.3 Å². The van der Waals surface area contributed by atoms with Gasteiger partial charge in [-0.25, -0.2) is 0 Å². The highest BCUT2D eigenvalue weighted by molar-refractivity contribution is 5.96. The molecule has 2 aromatic rings. The predicted molar refractivity (Wildman–Crippen MR) is 108 cm³/mol. The molecule has 0 spiro atoms. The molecule has 2 aromatic carbocycles. The third-order valence-electron chi connectivity index (χ3n) is 5.63. The molecule has 0 saturated carbocycles. The van der Waals surface area contributed by atoms with Crippen molar-refractivity contribution in [2.75, 3.05) is 20.2 Å². The van der Waals surface area contributed by atoms with Crippen molar-refractivity contribution in [2.45, 2.75) is 32.6 Å². The summed E-state index contributed by atoms with van der Waals surface area (Å²) in [4.78, 5) is 25.3. The van der Waals surface area contributed by atoms with Crippen molar-refractivity contribution in [3.05, 3.63) is 69.3 Å². The Labute approximate surface area is 165 Å². The molecule has 1 aliphatic heterocycles. The molecule has 3 rings (SSSR count). The lowest BCUT2D eigenvalue weighted by molar-refractivity contribution is -0.385. The van der Waals surface area contributed by atoms with E-state index in [9.17, 15) is 14.9 Å². The molecule has 28 heavy (non-hydrogen) atoms. The van der Waals surface area contributed by atoms with Crippen LogP contribution in [0.15, 0.2) is 42.5 Å². The first-order chi connectivity index (χ1) is 13.5. The van der Waals surface area contributed by atoms with E-state index >= 15 is 0 Å². The van der Waals surface area contributed by atoms with Crippen molar-refractivity contribution < 1.29 is 14.5 Å². The van der Waals surface area contributed by atoms with Gasteiger partial charge in [-0.3, -0.25) is 14.9 Å². The average Bonchev–Trinajstić information content (AvgIpc) is 2.72. The van der Waals surface area contributed by atoms with Crippen LogP contribution in [0.4, 0.5) is 5.69 Å². The van der Waals surface area contributed by atoms with Crippen molar-refractivity contribution in [2.24, 2.45) is 5.92 Å². The number of methoxy groups -OCH3 is 1. The second-order valence-electron chi connectivity index (χ2n) is 7.33. The van der Waals surface area contributed by atoms with Crippen LogP contribution in [-0.4, -0.2) is 35.9 Å². The first kappa shape index (κ1) is 19.9. The van der Waals surface area contributed by atoms with Crippen LogP contribution in [0.5, 0.6) is 5.75 Å². The summed E-state index contributed by atoms with van der Waals surface area (Å²) < 4.78 is 5.19. The number of carbonyl (C=O) groups is 1. The van der Waals surface area contributed by atoms with Gasteiger partial charge in [0.15, 0.2) is 0 Å². The fourth-order valence-corrected chi connectivity index (χ4v) is 3.81. The first-order valence-electron chi connectivity index (χ1n) is 9.65. The average molecular weight is 382 g/mol. The molecule has 1 aliphatic rings. The van der Waals surface area contributed by atoms with Crippen molar-refractivity contribution in [1.82, 2.24) is 4.90 Å². The Kier molecular flexibility index (Phi) is 6.29. The molecular weight excluding hydrogens is 356 g/mol. The fraction of sp³-hybridized carbons (Fsp3) is 0.409. The third kappa shape index (κ3) is 4.50. The van der Waals surface area contributed by atoms with Gasteiger partial charge in [-0.1, -0.05) is 18.2 Å². The lowest BCUT2D eigenvalue weighted by Crippen LogP contribution is -2.38. The van der Waals surface area contributed by atoms with Gasteiger partial charge in [0.05, 0.1) is 12.0 Å². The molecule has 0 radical (unpaired) electrons. The summed E-state index contributed by atoms with van der Waals surface area (Å²) in [5, 5.41) is 11.1. The lowest BCUT2D eigenvalue weighted by Gasteiger charge is -2.32. The highest BCUT2D eigenvalue weighted by Crippen LogP contribution is 2.27. The van der Waals surface area contributed by atoms with E-state index in [0.717, 1.165) is 31.4 Å². The Morgan fingerprint density at radius 1 is 1.18 bits per heavy atom. The molecule has 0 aliphatic carbocycles. The van der Waals surface area contributed by atoms with Crippen molar-refractivity contribution in [3.63, 3.8) is 0 Å². The topological polar surface area (TPSA) is 72.7 Å². The summed E-state index contributed by atoms with van der Waals surface area (Å²) >= 11 is 0. The molecule has 6 nitrogen and oxygen atoms in total. The summed E-state index contributed by atoms with van der Waals surface area (Å²) in [5.41, 5.74) is 2.18. The zero-order chi connectivity index (χ0) is 20.1. The summed E-state index contributed by atoms with van der Waals surface area (Å²) in [7, 11) is 1.67. The minimum Gasteiger partial charge on any atom is -0.497 e. The van der Waals surface area contributed by atoms with Gasteiger partial charge < -0.3 is 9.64 Å². The number of rotatable bonds is 6. The predicted octanol–water partition coefficient (Wildman–Crippen LogP) is 4.40. The molecule has 1 heterocycles. The van der Waals surface area contributed by atoms with Gasteiger partial charge in [-0.2, -0.15) is 0 Å². The normalized spacial score (nSPS) is 14.7. The smallest absolute Gasteiger partial charge is 0.273 e. The number of carbonyl (C=O) groups excluding carboxylic acids is 1. The van der Waals surface area contributed by atoms with Crippen molar-refractivity contribution >= 4 is 11.6 Å². The first-order valence-corrected chi connectivity index (χ1v) is 9.65. The van der Waals surface area contributed by atoms with Crippen LogP contribution >= 0.6 is 0 Å². The molecule has 0 bridgehead atoms. The molecule has 0 atom stereocenters. The van der Waals surface area contributed by atoms with Crippen LogP contribution in [0.3, 0.4) is 0 Å². The van der Waals surface area contributed by atoms with Crippen LogP contribution in [0, 0.1) is 23.0 Å². The summed E-state index contributed by atoms with van der Waals surface area (Å²) in [6.07, 6.45) is 4.06. The maximum atomic E-state index is 12.8. The molecule has 0 N–H and O–H groups in total. The Bertz CT molecular complexity index is 840. The van der Waals surface area contributed by atoms with Gasteiger partial charge in [0.2, 0.25) is 0 Å². The highest BCUT2D eigenvalue weighted by Gasteiger charge is 2.26. The van der Waals surface area contributed by atoms with Crippen molar-refractivity contribution in [1.29, 1.82) is 0 Å². The van der Waals surface area contributed by atoms with E-state index in [0.29, 0.717) is 30.1 Å². The Morgan fingerprint density at radius 2 is 1.86 bits per heavy atom. The van der Waals surface area contributed by atoms with E-state index in [-0.39, 0.29) is 11.6 Å². The van der Waals surface area contributed by atoms with Gasteiger partial charge in [0.25, 0.3) is 11.6 Å². The van der Waals surface area contributed by atoms with Gasteiger partial charge in [0, 0.05) is 30.3 Å². The molecule has 0 unspecified atom stereocenters. The van der Waals surface area contributed by atoms with E-state index in [4.69, 9.17) is 4.74 Å². The number of likely N-dealkylation sites (tertiary alicyclic amines) is 1. The van der Waals surface area contributed by atoms with E-state index < -0.39 is 4.92 Å². The largest absolute Gasteiger partial charge is 0.497 e. The number of hydrogen-bond acceptors (Lipinski definition) is 4. The minimum absolute atomic E-state index is 0.000211. The van der Waals surface area contributed by atoms with Crippen molar-refractivity contribution in [3.8, 4) is 5.75 Å². The van der Waals surface area contributed by atoms with E-state index in [1.54, 1.807) is 26.2 Å². The number of nitrogens with zero attached hydrogens (tertiary/aromatic N) is 2. The number of piperidine rings is 1. The minimum atomic E-state index is -0.433. The quantitative estimate of drug-likeness (QED) is 0.548. The highest BCUT2D eigenvalue weighted by atomic mass is 16.6. The van der Waals surface area contributed by atoms with E-state index in [2.05, 4.69) is 12.1 Å². The van der Waals surface area contributed by atoms with Gasteiger partial charge in [-0.15, -0.1) is 0 Å². The summed E-state index contributed by atoms with van der Waals surface area (Å²) in [6.45, 7) is 3.05. The summed E-state index contributed by atoms with van der Waals surface area (Å²) in [5.74, 6) is 1.36. The molecule has 148 valence electrons. The van der Waals surface area contributed by atoms with Crippen LogP contribution in [0.25, 0.3) is 0 Å². The number of aryl methyl sites for hydroxylation is 1. The Balaban J connectivity index is 1.54. The fourth-order valence-electron chi connectivity index (χ4n) is 3.81. The number of amides is 1. The number of hydrogen-bond donors (Lipinski definition) is 0. The van der Waals surface area contributed by atoms with Gasteiger partial charge >= 0.3 is 0 Å². The summed E-state index contributed by atoms with van der Waals surface area (Å²) in [6, 6.07) is 12.9. The second kappa shape index (κ2) is 8.87. The van der Waals surface area contributed by atoms with Gasteiger partial charge in [0.1, 0.15) is 5.75 Å². The SMILES string of the molecule is COc1ccc(CCC2CCN(C(=O)c3cccc([N+](=O)[O-])c3C)CC2)cc1. The monoisotopic (exact) mass is 382 g/mol. The molecule has 6 heteroatoms. The Morgan fingerprint density at radius 3 is 2.46 bits per heavy atom. The van der Waals surface area contributed by atoms with Crippen LogP contribution in [0.2, 0.25) is 0 Å². The molecule has 1 fully saturated rings. The zero-order valence-electron chi connectivity index (χ0n) is 16.4. The van der Waals surface area contributed by atoms with Crippen LogP contribution in [-0.2, 0) is 6.42 Å². The third-order valence-corrected chi connectivity index (χ3v) is 5.63. The van der Waals surface area contributed by atoms with E-state index in [1.807, 2.05) is 17.0 Å². The molecule has 0 aromatic heterocycles. The zero-order valence-corrected chi connectivity index (χ0v) is 16.4. The number of nitro groups is 1. The Hall–Kier alpha value is -2.89.